The fraction of sp³-hybridized carbons (Fsp3) is 0.154. The molecular weight excluding hydrogens is 496 g/mol. The smallest absolute Gasteiger partial charge is 0.233 e. The molecule has 0 saturated heterocycles. The van der Waals surface area contributed by atoms with Crippen LogP contribution in [0.4, 0.5) is 5.95 Å². The number of carbonyl (C=O) groups excluding carboxylic acids is 2. The number of rotatable bonds is 8. The zero-order valence-electron chi connectivity index (χ0n) is 19.3. The summed E-state index contributed by atoms with van der Waals surface area (Å²) in [6.07, 6.45) is 5.11. The van der Waals surface area contributed by atoms with Gasteiger partial charge < -0.3 is 4.57 Å². The van der Waals surface area contributed by atoms with Crippen LogP contribution in [0, 0.1) is 0 Å². The van der Waals surface area contributed by atoms with Crippen LogP contribution in [-0.2, 0) is 17.8 Å². The second-order valence-corrected chi connectivity index (χ2v) is 9.44. The standard InChI is InChI=1S/C26H21ClN6O2S/c1-16(18-3-2-4-19(27)11-18)25(35)32-26-31-21-9-17(10-24(34)22-14-36-15-30-22)5-6-23(21)33(26)13-20-12-28-7-8-29-20/h2-9,11-12,14-16H,10,13H2,1H3,(H,31,32,35). The molecular formula is C26H21ClN6O2S. The normalized spacial score (nSPS) is 11.9. The van der Waals surface area contributed by atoms with Crippen LogP contribution < -0.4 is 5.32 Å². The molecule has 1 unspecified atom stereocenters. The van der Waals surface area contributed by atoms with Crippen molar-refractivity contribution in [1.82, 2.24) is 24.5 Å². The molecule has 0 radical (unpaired) electrons. The van der Waals surface area contributed by atoms with Crippen LogP contribution in [0.3, 0.4) is 0 Å². The van der Waals surface area contributed by atoms with Crippen molar-refractivity contribution in [3.8, 4) is 0 Å². The minimum absolute atomic E-state index is 0.0570. The number of ketones is 1. The first-order valence-corrected chi connectivity index (χ1v) is 12.5. The quantitative estimate of drug-likeness (QED) is 0.286. The Morgan fingerprint density at radius 1 is 1.14 bits per heavy atom. The van der Waals surface area contributed by atoms with E-state index in [-0.39, 0.29) is 18.1 Å². The Morgan fingerprint density at radius 3 is 2.78 bits per heavy atom. The van der Waals surface area contributed by atoms with Gasteiger partial charge in [-0.2, -0.15) is 0 Å². The van der Waals surface area contributed by atoms with Gasteiger partial charge in [0.1, 0.15) is 5.69 Å². The molecule has 0 fully saturated rings. The topological polar surface area (TPSA) is 103 Å². The summed E-state index contributed by atoms with van der Waals surface area (Å²) in [6.45, 7) is 2.18. The van der Waals surface area contributed by atoms with Gasteiger partial charge in [-0.1, -0.05) is 29.8 Å². The number of carbonyl (C=O) groups is 2. The van der Waals surface area contributed by atoms with Crippen LogP contribution in [0.25, 0.3) is 11.0 Å². The molecule has 5 aromatic rings. The Balaban J connectivity index is 1.47. The maximum Gasteiger partial charge on any atom is 0.233 e. The number of fused-ring (bicyclic) bond motifs is 1. The average molecular weight is 517 g/mol. The highest BCUT2D eigenvalue weighted by atomic mass is 35.5. The summed E-state index contributed by atoms with van der Waals surface area (Å²) >= 11 is 7.51. The van der Waals surface area contributed by atoms with Crippen molar-refractivity contribution in [3.05, 3.63) is 99.5 Å². The van der Waals surface area contributed by atoms with E-state index in [4.69, 9.17) is 16.6 Å². The Morgan fingerprint density at radius 2 is 2.03 bits per heavy atom. The average Bonchev–Trinajstić information content (AvgIpc) is 3.53. The molecule has 1 atom stereocenters. The van der Waals surface area contributed by atoms with E-state index in [1.54, 1.807) is 41.6 Å². The summed E-state index contributed by atoms with van der Waals surface area (Å²) < 4.78 is 1.88. The van der Waals surface area contributed by atoms with Gasteiger partial charge in [-0.05, 0) is 42.3 Å². The molecule has 5 rings (SSSR count). The van der Waals surface area contributed by atoms with Crippen LogP contribution >= 0.6 is 22.9 Å². The summed E-state index contributed by atoms with van der Waals surface area (Å²) in [5, 5.41) is 5.28. The third kappa shape index (κ3) is 5.17. The molecule has 0 saturated carbocycles. The van der Waals surface area contributed by atoms with Crippen molar-refractivity contribution >= 4 is 51.6 Å². The highest BCUT2D eigenvalue weighted by Crippen LogP contribution is 2.25. The molecule has 0 aliphatic heterocycles. The third-order valence-electron chi connectivity index (χ3n) is 5.81. The SMILES string of the molecule is CC(C(=O)Nc1nc2cc(CC(=O)c3cscn3)ccc2n1Cc1cnccn1)c1cccc(Cl)c1. The number of aromatic nitrogens is 5. The highest BCUT2D eigenvalue weighted by Gasteiger charge is 2.20. The number of hydrogen-bond acceptors (Lipinski definition) is 7. The van der Waals surface area contributed by atoms with Gasteiger partial charge in [0, 0.05) is 29.2 Å². The molecule has 1 amide bonds. The zero-order chi connectivity index (χ0) is 25.1. The van der Waals surface area contributed by atoms with E-state index < -0.39 is 5.92 Å². The van der Waals surface area contributed by atoms with Gasteiger partial charge in [-0.25, -0.2) is 9.97 Å². The highest BCUT2D eigenvalue weighted by molar-refractivity contribution is 7.07. The number of nitrogens with one attached hydrogen (secondary N) is 1. The molecule has 0 aliphatic carbocycles. The van der Waals surface area contributed by atoms with Gasteiger partial charge in [-0.15, -0.1) is 11.3 Å². The van der Waals surface area contributed by atoms with E-state index in [1.807, 2.05) is 41.8 Å². The number of Topliss-reactive ketones (excluding diaryl/α,β-unsaturated/α-hetero) is 1. The molecule has 3 aromatic heterocycles. The number of nitrogens with zero attached hydrogens (tertiary/aromatic N) is 5. The zero-order valence-corrected chi connectivity index (χ0v) is 20.8. The first kappa shape index (κ1) is 23.8. The van der Waals surface area contributed by atoms with Crippen molar-refractivity contribution < 1.29 is 9.59 Å². The molecule has 2 aromatic carbocycles. The number of amides is 1. The lowest BCUT2D eigenvalue weighted by Gasteiger charge is -2.14. The van der Waals surface area contributed by atoms with Gasteiger partial charge >= 0.3 is 0 Å². The van der Waals surface area contributed by atoms with Crippen molar-refractivity contribution in [2.75, 3.05) is 5.32 Å². The van der Waals surface area contributed by atoms with Crippen molar-refractivity contribution in [3.63, 3.8) is 0 Å². The minimum atomic E-state index is -0.445. The lowest BCUT2D eigenvalue weighted by atomic mass is 10.0. The van der Waals surface area contributed by atoms with Gasteiger partial charge in [0.25, 0.3) is 0 Å². The summed E-state index contributed by atoms with van der Waals surface area (Å²) in [7, 11) is 0. The molecule has 180 valence electrons. The van der Waals surface area contributed by atoms with E-state index in [0.717, 1.165) is 22.3 Å². The molecule has 0 aliphatic rings. The first-order chi connectivity index (χ1) is 17.5. The Kier molecular flexibility index (Phi) is 6.84. The van der Waals surface area contributed by atoms with Crippen LogP contribution in [0.2, 0.25) is 5.02 Å². The van der Waals surface area contributed by atoms with E-state index in [9.17, 15) is 9.59 Å². The van der Waals surface area contributed by atoms with Crippen LogP contribution in [0.1, 0.15) is 40.2 Å². The molecule has 0 spiro atoms. The summed E-state index contributed by atoms with van der Waals surface area (Å²) in [5.74, 6) is -0.331. The van der Waals surface area contributed by atoms with Crippen molar-refractivity contribution in [2.24, 2.45) is 0 Å². The lowest BCUT2D eigenvalue weighted by Crippen LogP contribution is -2.21. The molecule has 36 heavy (non-hydrogen) atoms. The Labute approximate surface area is 216 Å². The predicted molar refractivity (Wildman–Crippen MR) is 140 cm³/mol. The lowest BCUT2D eigenvalue weighted by molar-refractivity contribution is -0.117. The van der Waals surface area contributed by atoms with Gasteiger partial charge in [-0.3, -0.25) is 24.9 Å². The van der Waals surface area contributed by atoms with E-state index in [2.05, 4.69) is 20.3 Å². The molecule has 1 N–H and O–H groups in total. The summed E-state index contributed by atoms with van der Waals surface area (Å²) in [6, 6.07) is 12.9. The first-order valence-electron chi connectivity index (χ1n) is 11.2. The largest absolute Gasteiger partial charge is 0.304 e. The number of imidazole rings is 1. The van der Waals surface area contributed by atoms with E-state index in [0.29, 0.717) is 28.7 Å². The molecule has 10 heteroatoms. The van der Waals surface area contributed by atoms with Crippen LogP contribution in [0.5, 0.6) is 0 Å². The number of benzene rings is 2. The van der Waals surface area contributed by atoms with Crippen LogP contribution in [0.15, 0.2) is 71.9 Å². The maximum atomic E-state index is 13.2. The fourth-order valence-electron chi connectivity index (χ4n) is 3.89. The second-order valence-electron chi connectivity index (χ2n) is 8.28. The number of hydrogen-bond donors (Lipinski definition) is 1. The van der Waals surface area contributed by atoms with Gasteiger partial charge in [0.2, 0.25) is 11.9 Å². The molecule has 3 heterocycles. The fourth-order valence-corrected chi connectivity index (χ4v) is 4.64. The number of anilines is 1. The van der Waals surface area contributed by atoms with Crippen molar-refractivity contribution in [2.45, 2.75) is 25.8 Å². The summed E-state index contributed by atoms with van der Waals surface area (Å²) in [5.41, 5.74) is 5.90. The van der Waals surface area contributed by atoms with Gasteiger partial charge in [0.05, 0.1) is 40.9 Å². The number of thiazole rings is 1. The van der Waals surface area contributed by atoms with Crippen molar-refractivity contribution in [1.29, 1.82) is 0 Å². The van der Waals surface area contributed by atoms with Gasteiger partial charge in [0.15, 0.2) is 5.78 Å². The van der Waals surface area contributed by atoms with E-state index >= 15 is 0 Å². The molecule has 8 nitrogen and oxygen atoms in total. The predicted octanol–water partition coefficient (Wildman–Crippen LogP) is 5.15. The number of halogens is 1. The maximum absolute atomic E-state index is 13.2. The molecule has 0 bridgehead atoms. The minimum Gasteiger partial charge on any atom is -0.304 e. The summed E-state index contributed by atoms with van der Waals surface area (Å²) in [4.78, 5) is 43.0. The van der Waals surface area contributed by atoms with Crippen LogP contribution in [-0.4, -0.2) is 36.2 Å². The Bertz CT molecular complexity index is 1540. The second kappa shape index (κ2) is 10.3. The third-order valence-corrected chi connectivity index (χ3v) is 6.63. The van der Waals surface area contributed by atoms with E-state index in [1.165, 1.54) is 11.3 Å². The Hall–Kier alpha value is -3.95. The monoisotopic (exact) mass is 516 g/mol.